The van der Waals surface area contributed by atoms with Gasteiger partial charge in [0.2, 0.25) is 0 Å². The lowest BCUT2D eigenvalue weighted by Crippen LogP contribution is -2.50. The lowest BCUT2D eigenvalue weighted by molar-refractivity contribution is -0.384. The van der Waals surface area contributed by atoms with Gasteiger partial charge in [-0.3, -0.25) is 10.1 Å². The Bertz CT molecular complexity index is 569. The van der Waals surface area contributed by atoms with Crippen LogP contribution in [-0.2, 0) is 0 Å². The van der Waals surface area contributed by atoms with Crippen molar-refractivity contribution in [3.8, 4) is 0 Å². The second-order valence-electron chi connectivity index (χ2n) is 7.16. The van der Waals surface area contributed by atoms with Gasteiger partial charge in [-0.2, -0.15) is 0 Å². The van der Waals surface area contributed by atoms with E-state index in [1.807, 2.05) is 13.8 Å². The summed E-state index contributed by atoms with van der Waals surface area (Å²) in [5.41, 5.74) is 7.00. The molecule has 1 fully saturated rings. The molecule has 6 nitrogen and oxygen atoms in total. The highest BCUT2D eigenvalue weighted by molar-refractivity contribution is 5.62. The SMILES string of the molecule is Cc1ccc([N+](=O)[O-])c(NCCCC(N)C(C)(O)C2CCCC2)c1. The normalized spacial score (nSPS) is 19.0. The van der Waals surface area contributed by atoms with Gasteiger partial charge in [-0.15, -0.1) is 0 Å². The monoisotopic (exact) mass is 335 g/mol. The fourth-order valence-electron chi connectivity index (χ4n) is 3.60. The number of anilines is 1. The fraction of sp³-hybridized carbons (Fsp3) is 0.667. The molecule has 1 saturated carbocycles. The average molecular weight is 335 g/mol. The number of hydrogen-bond donors (Lipinski definition) is 3. The van der Waals surface area contributed by atoms with Crippen LogP contribution in [0.3, 0.4) is 0 Å². The molecule has 4 N–H and O–H groups in total. The Hall–Kier alpha value is -1.66. The third-order valence-electron chi connectivity index (χ3n) is 5.29. The van der Waals surface area contributed by atoms with Crippen molar-refractivity contribution in [1.82, 2.24) is 0 Å². The Morgan fingerprint density at radius 3 is 2.75 bits per heavy atom. The highest BCUT2D eigenvalue weighted by atomic mass is 16.6. The summed E-state index contributed by atoms with van der Waals surface area (Å²) in [7, 11) is 0. The summed E-state index contributed by atoms with van der Waals surface area (Å²) in [5.74, 6) is 0.290. The van der Waals surface area contributed by atoms with Crippen molar-refractivity contribution in [3.05, 3.63) is 33.9 Å². The zero-order valence-electron chi connectivity index (χ0n) is 14.6. The number of aliphatic hydroxyl groups is 1. The summed E-state index contributed by atoms with van der Waals surface area (Å²) in [5, 5.41) is 24.9. The smallest absolute Gasteiger partial charge is 0.292 e. The molecule has 0 saturated heterocycles. The molecule has 0 bridgehead atoms. The van der Waals surface area contributed by atoms with Crippen molar-refractivity contribution in [3.63, 3.8) is 0 Å². The number of rotatable bonds is 8. The van der Waals surface area contributed by atoms with Crippen molar-refractivity contribution in [2.75, 3.05) is 11.9 Å². The third kappa shape index (κ3) is 4.45. The highest BCUT2D eigenvalue weighted by Crippen LogP contribution is 2.36. The number of nitro benzene ring substituents is 1. The molecular weight excluding hydrogens is 306 g/mol. The highest BCUT2D eigenvalue weighted by Gasteiger charge is 2.38. The fourth-order valence-corrected chi connectivity index (χ4v) is 3.60. The lowest BCUT2D eigenvalue weighted by atomic mass is 9.80. The van der Waals surface area contributed by atoms with E-state index in [0.29, 0.717) is 24.6 Å². The van der Waals surface area contributed by atoms with Crippen molar-refractivity contribution in [2.45, 2.75) is 64.0 Å². The predicted octanol–water partition coefficient (Wildman–Crippen LogP) is 3.36. The van der Waals surface area contributed by atoms with E-state index in [4.69, 9.17) is 5.73 Å². The zero-order chi connectivity index (χ0) is 17.7. The molecular formula is C18H29N3O3. The van der Waals surface area contributed by atoms with Crippen molar-refractivity contribution in [1.29, 1.82) is 0 Å². The summed E-state index contributed by atoms with van der Waals surface area (Å²) < 4.78 is 0. The number of benzene rings is 1. The molecule has 0 amide bonds. The first-order valence-corrected chi connectivity index (χ1v) is 8.79. The third-order valence-corrected chi connectivity index (χ3v) is 5.29. The molecule has 1 aliphatic rings. The van der Waals surface area contributed by atoms with Gasteiger partial charge >= 0.3 is 0 Å². The van der Waals surface area contributed by atoms with E-state index < -0.39 is 5.60 Å². The zero-order valence-corrected chi connectivity index (χ0v) is 14.6. The Balaban J connectivity index is 1.84. The average Bonchev–Trinajstić information content (AvgIpc) is 3.06. The minimum absolute atomic E-state index is 0.0860. The molecule has 24 heavy (non-hydrogen) atoms. The van der Waals surface area contributed by atoms with E-state index in [2.05, 4.69) is 5.32 Å². The molecule has 2 unspecified atom stereocenters. The van der Waals surface area contributed by atoms with Gasteiger partial charge in [0.25, 0.3) is 5.69 Å². The van der Waals surface area contributed by atoms with Crippen LogP contribution in [0.4, 0.5) is 11.4 Å². The maximum atomic E-state index is 11.1. The van der Waals surface area contributed by atoms with E-state index in [-0.39, 0.29) is 16.7 Å². The molecule has 6 heteroatoms. The Morgan fingerprint density at radius 1 is 1.46 bits per heavy atom. The minimum Gasteiger partial charge on any atom is -0.388 e. The number of nitrogens with zero attached hydrogens (tertiary/aromatic N) is 1. The second kappa shape index (κ2) is 7.94. The Labute approximate surface area is 143 Å². The van der Waals surface area contributed by atoms with Crippen LogP contribution in [0.1, 0.15) is 51.0 Å². The van der Waals surface area contributed by atoms with Gasteiger partial charge in [-0.05, 0) is 57.1 Å². The molecule has 0 radical (unpaired) electrons. The van der Waals surface area contributed by atoms with Crippen LogP contribution in [0.5, 0.6) is 0 Å². The quantitative estimate of drug-likeness (QED) is 0.384. The van der Waals surface area contributed by atoms with Gasteiger partial charge in [0.15, 0.2) is 0 Å². The van der Waals surface area contributed by atoms with Gasteiger partial charge in [0.05, 0.1) is 10.5 Å². The van der Waals surface area contributed by atoms with E-state index in [1.54, 1.807) is 12.1 Å². The topological polar surface area (TPSA) is 101 Å². The van der Waals surface area contributed by atoms with Crippen molar-refractivity contribution in [2.24, 2.45) is 11.7 Å². The Morgan fingerprint density at radius 2 is 2.12 bits per heavy atom. The van der Waals surface area contributed by atoms with Crippen LogP contribution in [0.2, 0.25) is 0 Å². The number of nitro groups is 1. The van der Waals surface area contributed by atoms with E-state index in [0.717, 1.165) is 24.8 Å². The summed E-state index contributed by atoms with van der Waals surface area (Å²) in [6.45, 7) is 4.36. The molecule has 1 aliphatic carbocycles. The number of hydrogen-bond acceptors (Lipinski definition) is 5. The van der Waals surface area contributed by atoms with E-state index in [1.165, 1.54) is 18.9 Å². The minimum atomic E-state index is -0.828. The molecule has 134 valence electrons. The molecule has 0 spiro atoms. The Kier molecular flexibility index (Phi) is 6.18. The van der Waals surface area contributed by atoms with Gasteiger partial charge in [-0.25, -0.2) is 0 Å². The largest absolute Gasteiger partial charge is 0.388 e. The standard InChI is InChI=1S/C18H29N3O3/c1-13-9-10-16(21(23)24)15(12-13)20-11-5-8-17(19)18(2,22)14-6-3-4-7-14/h9-10,12,14,17,20,22H,3-8,11,19H2,1-2H3. The molecule has 0 heterocycles. The summed E-state index contributed by atoms with van der Waals surface area (Å²) in [6, 6.07) is 4.77. The molecule has 0 aromatic heterocycles. The molecule has 0 aliphatic heterocycles. The number of nitrogens with one attached hydrogen (secondary N) is 1. The van der Waals surface area contributed by atoms with Gasteiger partial charge in [-0.1, -0.05) is 18.9 Å². The summed E-state index contributed by atoms with van der Waals surface area (Å²) in [4.78, 5) is 10.7. The summed E-state index contributed by atoms with van der Waals surface area (Å²) in [6.07, 6.45) is 5.90. The van der Waals surface area contributed by atoms with Crippen molar-refractivity contribution < 1.29 is 10.0 Å². The molecule has 1 aromatic carbocycles. The van der Waals surface area contributed by atoms with Crippen LogP contribution < -0.4 is 11.1 Å². The van der Waals surface area contributed by atoms with Crippen molar-refractivity contribution >= 4 is 11.4 Å². The predicted molar refractivity (Wildman–Crippen MR) is 96.1 cm³/mol. The maximum Gasteiger partial charge on any atom is 0.292 e. The molecule has 1 aromatic rings. The number of aryl methyl sites for hydroxylation is 1. The molecule has 2 atom stereocenters. The van der Waals surface area contributed by atoms with Crippen LogP contribution >= 0.6 is 0 Å². The second-order valence-corrected chi connectivity index (χ2v) is 7.16. The first-order valence-electron chi connectivity index (χ1n) is 8.79. The van der Waals surface area contributed by atoms with Gasteiger partial charge < -0.3 is 16.2 Å². The van der Waals surface area contributed by atoms with Crippen LogP contribution in [0.25, 0.3) is 0 Å². The first-order chi connectivity index (χ1) is 11.3. The van der Waals surface area contributed by atoms with Crippen LogP contribution in [-0.4, -0.2) is 28.2 Å². The van der Waals surface area contributed by atoms with Gasteiger partial charge in [0, 0.05) is 18.7 Å². The maximum absolute atomic E-state index is 11.1. The van der Waals surface area contributed by atoms with E-state index >= 15 is 0 Å². The van der Waals surface area contributed by atoms with Crippen LogP contribution in [0.15, 0.2) is 18.2 Å². The van der Waals surface area contributed by atoms with E-state index in [9.17, 15) is 15.2 Å². The van der Waals surface area contributed by atoms with Gasteiger partial charge in [0.1, 0.15) is 5.69 Å². The van der Waals surface area contributed by atoms with Crippen LogP contribution in [0, 0.1) is 23.0 Å². The summed E-state index contributed by atoms with van der Waals surface area (Å²) >= 11 is 0. The lowest BCUT2D eigenvalue weighted by Gasteiger charge is -2.36. The number of nitrogens with two attached hydrogens (primary N) is 1. The first kappa shape index (κ1) is 18.7. The molecule has 2 rings (SSSR count).